The number of amidine groups is 1. The quantitative estimate of drug-likeness (QED) is 0.271. The van der Waals surface area contributed by atoms with Crippen LogP contribution >= 0.6 is 11.6 Å². The molecule has 1 aromatic rings. The SMILES string of the molecule is C=CCCO/C(=N/C(=N)Cl)c1ncc[nH]1. The smallest absolute Gasteiger partial charge is 0.260 e. The Morgan fingerprint density at radius 1 is 1.80 bits per heavy atom. The number of rotatable bonds is 4. The maximum absolute atomic E-state index is 7.04. The van der Waals surface area contributed by atoms with Gasteiger partial charge < -0.3 is 9.72 Å². The third-order valence-corrected chi connectivity index (χ3v) is 1.55. The molecule has 0 aromatic carbocycles. The molecule has 2 N–H and O–H groups in total. The highest BCUT2D eigenvalue weighted by atomic mass is 35.5. The summed E-state index contributed by atoms with van der Waals surface area (Å²) in [5.74, 6) is 0.659. The molecule has 80 valence electrons. The minimum Gasteiger partial charge on any atom is -0.475 e. The number of halogens is 1. The third kappa shape index (κ3) is 3.95. The lowest BCUT2D eigenvalue weighted by Gasteiger charge is -2.04. The molecule has 0 amide bonds. The monoisotopic (exact) mass is 226 g/mol. The summed E-state index contributed by atoms with van der Waals surface area (Å²) >= 11 is 5.36. The molecule has 0 saturated heterocycles. The maximum atomic E-state index is 7.04. The maximum Gasteiger partial charge on any atom is 0.260 e. The van der Waals surface area contributed by atoms with Crippen molar-refractivity contribution in [3.05, 3.63) is 30.9 Å². The minimum absolute atomic E-state index is 0.210. The molecule has 0 aliphatic heterocycles. The number of nitrogens with one attached hydrogen (secondary N) is 2. The molecule has 0 saturated carbocycles. The number of aromatic amines is 1. The van der Waals surface area contributed by atoms with Crippen LogP contribution < -0.4 is 0 Å². The van der Waals surface area contributed by atoms with E-state index in [1.807, 2.05) is 0 Å². The van der Waals surface area contributed by atoms with Gasteiger partial charge in [-0.1, -0.05) is 6.08 Å². The molecule has 15 heavy (non-hydrogen) atoms. The van der Waals surface area contributed by atoms with E-state index in [1.54, 1.807) is 18.5 Å². The van der Waals surface area contributed by atoms with Gasteiger partial charge in [0.25, 0.3) is 5.90 Å². The Morgan fingerprint density at radius 2 is 2.60 bits per heavy atom. The Balaban J connectivity index is 2.71. The summed E-state index contributed by atoms with van der Waals surface area (Å²) in [4.78, 5) is 10.5. The molecule has 0 fully saturated rings. The number of aromatic nitrogens is 2. The van der Waals surface area contributed by atoms with Gasteiger partial charge in [0.05, 0.1) is 6.61 Å². The van der Waals surface area contributed by atoms with E-state index in [1.165, 1.54) is 0 Å². The zero-order valence-electron chi connectivity index (χ0n) is 8.03. The van der Waals surface area contributed by atoms with Gasteiger partial charge in [-0.05, 0) is 18.0 Å². The highest BCUT2D eigenvalue weighted by Gasteiger charge is 2.07. The number of hydrogen-bond donors (Lipinski definition) is 2. The molecule has 6 heteroatoms. The molecule has 0 spiro atoms. The Morgan fingerprint density at radius 3 is 3.13 bits per heavy atom. The summed E-state index contributed by atoms with van der Waals surface area (Å²) in [7, 11) is 0. The van der Waals surface area contributed by atoms with Gasteiger partial charge >= 0.3 is 0 Å². The average Bonchev–Trinajstić information content (AvgIpc) is 2.68. The van der Waals surface area contributed by atoms with Crippen molar-refractivity contribution in [2.45, 2.75) is 6.42 Å². The Kier molecular flexibility index (Phi) is 4.56. The van der Waals surface area contributed by atoms with Gasteiger partial charge in [-0.15, -0.1) is 6.58 Å². The van der Waals surface area contributed by atoms with Crippen molar-refractivity contribution < 1.29 is 4.74 Å². The lowest BCUT2D eigenvalue weighted by Crippen LogP contribution is -2.11. The molecular formula is C9H11ClN4O. The topological polar surface area (TPSA) is 74.1 Å². The average molecular weight is 227 g/mol. The van der Waals surface area contributed by atoms with E-state index >= 15 is 0 Å². The number of aliphatic imine (C=N–C) groups is 1. The van der Waals surface area contributed by atoms with Crippen LogP contribution in [0.25, 0.3) is 0 Å². The van der Waals surface area contributed by atoms with Crippen LogP contribution in [0.3, 0.4) is 0 Å². The summed E-state index contributed by atoms with van der Waals surface area (Å²) < 4.78 is 5.30. The Bertz CT molecular complexity index is 358. The normalized spacial score (nSPS) is 11.1. The molecule has 1 aromatic heterocycles. The van der Waals surface area contributed by atoms with E-state index in [0.29, 0.717) is 18.9 Å². The number of imidazole rings is 1. The fourth-order valence-electron chi connectivity index (χ4n) is 0.864. The lowest BCUT2D eigenvalue weighted by atomic mass is 10.4. The third-order valence-electron chi connectivity index (χ3n) is 1.46. The minimum atomic E-state index is -0.347. The number of ether oxygens (including phenoxy) is 1. The van der Waals surface area contributed by atoms with Gasteiger partial charge in [0.15, 0.2) is 5.82 Å². The van der Waals surface area contributed by atoms with Crippen molar-refractivity contribution in [2.75, 3.05) is 6.61 Å². The predicted molar refractivity (Wildman–Crippen MR) is 59.5 cm³/mol. The first-order valence-electron chi connectivity index (χ1n) is 4.30. The van der Waals surface area contributed by atoms with E-state index < -0.39 is 0 Å². The van der Waals surface area contributed by atoms with Gasteiger partial charge in [-0.2, -0.15) is 4.99 Å². The molecule has 5 nitrogen and oxygen atoms in total. The van der Waals surface area contributed by atoms with Crippen molar-refractivity contribution in [2.24, 2.45) is 4.99 Å². The highest BCUT2D eigenvalue weighted by molar-refractivity contribution is 6.64. The van der Waals surface area contributed by atoms with E-state index in [0.717, 1.165) is 0 Å². The lowest BCUT2D eigenvalue weighted by molar-refractivity contribution is 0.312. The first-order chi connectivity index (χ1) is 7.24. The molecule has 0 aliphatic rings. The molecule has 0 atom stereocenters. The standard InChI is InChI=1S/C9H11ClN4O/c1-2-3-6-15-8(14-9(10)11)7-12-4-5-13-7/h2,4-5,11H,1,3,6H2,(H,12,13)/b11-9?,14-8+. The second-order valence-corrected chi connectivity index (χ2v) is 2.93. The first-order valence-corrected chi connectivity index (χ1v) is 4.68. The first kappa shape index (κ1) is 11.5. The highest BCUT2D eigenvalue weighted by Crippen LogP contribution is 1.99. The van der Waals surface area contributed by atoms with Crippen LogP contribution in [0, 0.1) is 5.41 Å². The van der Waals surface area contributed by atoms with Crippen LogP contribution in [-0.4, -0.2) is 27.8 Å². The summed E-state index contributed by atoms with van der Waals surface area (Å²) in [6, 6.07) is 0. The van der Waals surface area contributed by atoms with Gasteiger partial charge in [0.1, 0.15) is 0 Å². The van der Waals surface area contributed by atoms with Crippen LogP contribution in [0.5, 0.6) is 0 Å². The number of H-pyrrole nitrogens is 1. The van der Waals surface area contributed by atoms with E-state index in [9.17, 15) is 0 Å². The van der Waals surface area contributed by atoms with E-state index in [4.69, 9.17) is 21.7 Å². The summed E-state index contributed by atoms with van der Waals surface area (Å²) in [5, 5.41) is 6.70. The summed E-state index contributed by atoms with van der Waals surface area (Å²) in [5.41, 5.74) is 0. The van der Waals surface area contributed by atoms with Crippen molar-refractivity contribution in [1.82, 2.24) is 9.97 Å². The molecule has 0 aliphatic carbocycles. The summed E-state index contributed by atoms with van der Waals surface area (Å²) in [6.07, 6.45) is 5.63. The Hall–Kier alpha value is -1.62. The molecule has 0 unspecified atom stereocenters. The van der Waals surface area contributed by atoms with Crippen LogP contribution in [-0.2, 0) is 4.74 Å². The van der Waals surface area contributed by atoms with Crippen LogP contribution in [0.4, 0.5) is 0 Å². The van der Waals surface area contributed by atoms with Crippen LogP contribution in [0.1, 0.15) is 12.2 Å². The second-order valence-electron chi connectivity index (χ2n) is 2.57. The Labute approximate surface area is 92.4 Å². The molecular weight excluding hydrogens is 216 g/mol. The molecule has 0 radical (unpaired) electrons. The fraction of sp³-hybridized carbons (Fsp3) is 0.222. The zero-order chi connectivity index (χ0) is 11.1. The number of hydrogen-bond acceptors (Lipinski definition) is 3. The van der Waals surface area contributed by atoms with E-state index in [-0.39, 0.29) is 11.2 Å². The predicted octanol–water partition coefficient (Wildman–Crippen LogP) is 1.92. The van der Waals surface area contributed by atoms with Crippen molar-refractivity contribution in [3.8, 4) is 0 Å². The van der Waals surface area contributed by atoms with Crippen LogP contribution in [0.2, 0.25) is 0 Å². The van der Waals surface area contributed by atoms with Crippen molar-refractivity contribution in [1.29, 1.82) is 5.41 Å². The van der Waals surface area contributed by atoms with Gasteiger partial charge in [0.2, 0.25) is 5.29 Å². The van der Waals surface area contributed by atoms with Crippen molar-refractivity contribution in [3.63, 3.8) is 0 Å². The molecule has 1 rings (SSSR count). The van der Waals surface area contributed by atoms with Crippen LogP contribution in [0.15, 0.2) is 30.0 Å². The zero-order valence-corrected chi connectivity index (χ0v) is 8.79. The number of nitrogens with zero attached hydrogens (tertiary/aromatic N) is 2. The van der Waals surface area contributed by atoms with Gasteiger partial charge in [-0.3, -0.25) is 5.41 Å². The van der Waals surface area contributed by atoms with Gasteiger partial charge in [0, 0.05) is 12.4 Å². The fourth-order valence-corrected chi connectivity index (χ4v) is 0.941. The second kappa shape index (κ2) is 5.98. The molecule has 1 heterocycles. The summed E-state index contributed by atoms with van der Waals surface area (Å²) in [6.45, 7) is 3.99. The van der Waals surface area contributed by atoms with Gasteiger partial charge in [-0.25, -0.2) is 4.98 Å². The largest absolute Gasteiger partial charge is 0.475 e. The van der Waals surface area contributed by atoms with Crippen molar-refractivity contribution >= 4 is 22.8 Å². The molecule has 0 bridgehead atoms. The van der Waals surface area contributed by atoms with E-state index in [2.05, 4.69) is 21.5 Å².